The van der Waals surface area contributed by atoms with Gasteiger partial charge in [0.15, 0.2) is 17.2 Å². The van der Waals surface area contributed by atoms with E-state index in [1.54, 1.807) is 33.8 Å². The van der Waals surface area contributed by atoms with Gasteiger partial charge in [-0.3, -0.25) is 9.59 Å². The van der Waals surface area contributed by atoms with Crippen molar-refractivity contribution in [2.24, 2.45) is 28.6 Å². The molecule has 0 heterocycles. The number of ketones is 2. The van der Waals surface area contributed by atoms with Gasteiger partial charge >= 0.3 is 5.97 Å². The summed E-state index contributed by atoms with van der Waals surface area (Å²) in [7, 11) is 0. The molecule has 204 valence electrons. The number of Topliss-reactive ketones (excluding diaryl/α,β-unsaturated/α-hetero) is 1. The highest BCUT2D eigenvalue weighted by Gasteiger charge is 2.75. The van der Waals surface area contributed by atoms with Gasteiger partial charge in [0.2, 0.25) is 0 Å². The summed E-state index contributed by atoms with van der Waals surface area (Å²) in [5.74, 6) is -2.48. The average molecular weight is 519 g/mol. The summed E-state index contributed by atoms with van der Waals surface area (Å²) in [6.45, 7) is 10.4. The highest BCUT2D eigenvalue weighted by Crippen LogP contribution is 2.70. The molecule has 0 aromatic rings. The Labute approximate surface area is 217 Å². The number of aliphatic hydroxyl groups excluding tert-OH is 1. The fourth-order valence-corrected chi connectivity index (χ4v) is 7.86. The van der Waals surface area contributed by atoms with Crippen molar-refractivity contribution >= 4 is 17.5 Å². The molecule has 3 saturated carbocycles. The average Bonchev–Trinajstić information content (AvgIpc) is 3.03. The molecule has 3 fully saturated rings. The zero-order valence-electron chi connectivity index (χ0n) is 22.2. The lowest BCUT2D eigenvalue weighted by Gasteiger charge is -2.62. The fourth-order valence-electron chi connectivity index (χ4n) is 7.86. The molecule has 4 aliphatic rings. The Bertz CT molecular complexity index is 1060. The van der Waals surface area contributed by atoms with E-state index in [1.807, 2.05) is 0 Å². The minimum atomic E-state index is -2.01. The van der Waals surface area contributed by atoms with E-state index in [0.717, 1.165) is 0 Å². The Morgan fingerprint density at radius 3 is 2.62 bits per heavy atom. The Morgan fingerprint density at radius 2 is 1.95 bits per heavy atom. The van der Waals surface area contributed by atoms with Gasteiger partial charge in [-0.2, -0.15) is 0 Å². The third-order valence-corrected chi connectivity index (χ3v) is 9.90. The van der Waals surface area contributed by atoms with Crippen molar-refractivity contribution in [1.29, 1.82) is 0 Å². The van der Waals surface area contributed by atoms with E-state index in [4.69, 9.17) is 9.47 Å². The smallest absolute Gasteiger partial charge is 0.333 e. The number of halogens is 1. The zero-order chi connectivity index (χ0) is 27.4. The molecule has 0 spiro atoms. The van der Waals surface area contributed by atoms with Gasteiger partial charge in [-0.1, -0.05) is 32.1 Å². The molecule has 0 unspecified atom stereocenters. The second-order valence-electron chi connectivity index (χ2n) is 11.9. The summed E-state index contributed by atoms with van der Waals surface area (Å²) >= 11 is 0. The molecule has 0 aromatic heterocycles. The zero-order valence-corrected chi connectivity index (χ0v) is 22.2. The molecule has 37 heavy (non-hydrogen) atoms. The Hall–Kier alpha value is -2.16. The molecule has 0 aromatic carbocycles. The standard InChI is InChI=1S/C29H39FO7/c1-17(2)25(34)37-12-6-11-36-16-24(33)29(35)18(3)13-22-21-8-7-19-14-20(31)9-10-26(19,4)28(21,30)23(32)15-27(22,29)5/h9-10,14,18,21-23,32,35H,1,6-8,11-13,15-16H2,2-5H3/t18-,21+,22+,23+,26+,27+,28+,29+/m1/s1. The van der Waals surface area contributed by atoms with E-state index in [0.29, 0.717) is 36.8 Å². The van der Waals surface area contributed by atoms with Crippen LogP contribution in [0.4, 0.5) is 4.39 Å². The van der Waals surface area contributed by atoms with E-state index in [2.05, 4.69) is 6.58 Å². The molecule has 2 N–H and O–H groups in total. The number of ether oxygens (including phenoxy) is 2. The first-order valence-corrected chi connectivity index (χ1v) is 13.2. The monoisotopic (exact) mass is 518 g/mol. The van der Waals surface area contributed by atoms with E-state index in [9.17, 15) is 24.6 Å². The third-order valence-electron chi connectivity index (χ3n) is 9.90. The minimum absolute atomic E-state index is 0.0707. The van der Waals surface area contributed by atoms with Gasteiger partial charge in [0.05, 0.1) is 19.3 Å². The van der Waals surface area contributed by atoms with Gasteiger partial charge in [-0.05, 0) is 63.5 Å². The molecule has 0 bridgehead atoms. The summed E-state index contributed by atoms with van der Waals surface area (Å²) in [5.41, 5.74) is -4.94. The van der Waals surface area contributed by atoms with Gasteiger partial charge in [-0.25, -0.2) is 9.18 Å². The minimum Gasteiger partial charge on any atom is -0.462 e. The van der Waals surface area contributed by atoms with Crippen molar-refractivity contribution in [3.05, 3.63) is 36.0 Å². The van der Waals surface area contributed by atoms with Crippen LogP contribution in [0.15, 0.2) is 36.0 Å². The van der Waals surface area contributed by atoms with Crippen LogP contribution >= 0.6 is 0 Å². The Balaban J connectivity index is 1.50. The van der Waals surface area contributed by atoms with Crippen molar-refractivity contribution in [2.45, 2.75) is 77.2 Å². The van der Waals surface area contributed by atoms with Gasteiger partial charge in [-0.15, -0.1) is 0 Å². The third kappa shape index (κ3) is 3.98. The molecular formula is C29H39FO7. The molecule has 4 rings (SSSR count). The number of esters is 1. The highest BCUT2D eigenvalue weighted by molar-refractivity contribution is 6.01. The van der Waals surface area contributed by atoms with E-state index in [-0.39, 0.29) is 37.9 Å². The van der Waals surface area contributed by atoms with Crippen LogP contribution in [-0.4, -0.2) is 64.9 Å². The number of carbonyl (C=O) groups excluding carboxylic acids is 3. The van der Waals surface area contributed by atoms with Crippen LogP contribution in [0.2, 0.25) is 0 Å². The SMILES string of the molecule is C=C(C)C(=O)OCCCOCC(=O)[C@@]1(O)[C@H](C)C[C@H]2[C@@H]3CCC4=CC(=O)C=C[C@]4(C)[C@@]3(F)[C@@H](O)C[C@@]21C. The van der Waals surface area contributed by atoms with Gasteiger partial charge < -0.3 is 19.7 Å². The maximum Gasteiger partial charge on any atom is 0.333 e. The van der Waals surface area contributed by atoms with Crippen molar-refractivity contribution in [1.82, 2.24) is 0 Å². The number of hydrogen-bond donors (Lipinski definition) is 2. The molecule has 0 aliphatic heterocycles. The first-order chi connectivity index (χ1) is 17.2. The number of fused-ring (bicyclic) bond motifs is 5. The van der Waals surface area contributed by atoms with E-state index >= 15 is 4.39 Å². The molecule has 0 amide bonds. The maximum atomic E-state index is 17.2. The number of carbonyl (C=O) groups is 3. The predicted octanol–water partition coefficient (Wildman–Crippen LogP) is 3.43. The molecule has 0 radical (unpaired) electrons. The molecule has 8 atom stereocenters. The summed E-state index contributed by atoms with van der Waals surface area (Å²) < 4.78 is 27.7. The number of alkyl halides is 1. The summed E-state index contributed by atoms with van der Waals surface area (Å²) in [6, 6.07) is 0. The number of rotatable bonds is 8. The van der Waals surface area contributed by atoms with Crippen molar-refractivity contribution in [3.63, 3.8) is 0 Å². The quantitative estimate of drug-likeness (QED) is 0.288. The number of aliphatic hydroxyl groups is 2. The molecule has 0 saturated heterocycles. The fraction of sp³-hybridized carbons (Fsp3) is 0.690. The summed E-state index contributed by atoms with van der Waals surface area (Å²) in [6.07, 6.45) is 4.78. The summed E-state index contributed by atoms with van der Waals surface area (Å²) in [5, 5.41) is 23.3. The van der Waals surface area contributed by atoms with E-state index in [1.165, 1.54) is 12.2 Å². The van der Waals surface area contributed by atoms with Crippen molar-refractivity contribution in [3.8, 4) is 0 Å². The van der Waals surface area contributed by atoms with Crippen molar-refractivity contribution in [2.75, 3.05) is 19.8 Å². The number of allylic oxidation sites excluding steroid dienone is 4. The van der Waals surface area contributed by atoms with Gasteiger partial charge in [0, 0.05) is 28.7 Å². The highest BCUT2D eigenvalue weighted by atomic mass is 19.1. The van der Waals surface area contributed by atoms with Crippen LogP contribution in [0.3, 0.4) is 0 Å². The van der Waals surface area contributed by atoms with Crippen LogP contribution in [-0.2, 0) is 23.9 Å². The maximum absolute atomic E-state index is 17.2. The van der Waals surface area contributed by atoms with E-state index < -0.39 is 51.8 Å². The lowest BCUT2D eigenvalue weighted by molar-refractivity contribution is -0.219. The Morgan fingerprint density at radius 1 is 1.24 bits per heavy atom. The predicted molar refractivity (Wildman–Crippen MR) is 134 cm³/mol. The molecule has 7 nitrogen and oxygen atoms in total. The molecule has 4 aliphatic carbocycles. The van der Waals surface area contributed by atoms with Crippen LogP contribution in [0.25, 0.3) is 0 Å². The first-order valence-electron chi connectivity index (χ1n) is 13.2. The largest absolute Gasteiger partial charge is 0.462 e. The van der Waals surface area contributed by atoms with Crippen molar-refractivity contribution < 1.29 is 38.5 Å². The van der Waals surface area contributed by atoms with Gasteiger partial charge in [0.1, 0.15) is 12.2 Å². The molecular weight excluding hydrogens is 479 g/mol. The summed E-state index contributed by atoms with van der Waals surface area (Å²) in [4.78, 5) is 36.9. The second kappa shape index (κ2) is 9.54. The first kappa shape index (κ1) is 27.9. The van der Waals surface area contributed by atoms with Crippen LogP contribution in [0.5, 0.6) is 0 Å². The normalized spacial score (nSPS) is 42.4. The lowest BCUT2D eigenvalue weighted by Crippen LogP contribution is -2.69. The topological polar surface area (TPSA) is 110 Å². The number of hydrogen-bond acceptors (Lipinski definition) is 7. The van der Waals surface area contributed by atoms with Gasteiger partial charge in [0.25, 0.3) is 0 Å². The second-order valence-corrected chi connectivity index (χ2v) is 11.9. The van der Waals surface area contributed by atoms with Crippen LogP contribution in [0.1, 0.15) is 59.8 Å². The van der Waals surface area contributed by atoms with Crippen LogP contribution < -0.4 is 0 Å². The molecule has 8 heteroatoms. The van der Waals surface area contributed by atoms with Crippen LogP contribution in [0, 0.1) is 28.6 Å². The Kier molecular flexibility index (Phi) is 7.19. The lowest BCUT2D eigenvalue weighted by atomic mass is 9.44.